The maximum Gasteiger partial charge on any atom is 0.233 e. The van der Waals surface area contributed by atoms with Crippen LogP contribution in [0.25, 0.3) is 0 Å². The van der Waals surface area contributed by atoms with Crippen LogP contribution < -0.4 is 5.73 Å². The average molecular weight is 235 g/mol. The predicted molar refractivity (Wildman–Crippen MR) is 68.1 cm³/mol. The minimum Gasteiger partial charge on any atom is -0.490 e. The van der Waals surface area contributed by atoms with Crippen molar-refractivity contribution >= 4 is 13.7 Å². The molecule has 4 heteroatoms. The van der Waals surface area contributed by atoms with Crippen LogP contribution >= 0.6 is 0 Å². The van der Waals surface area contributed by atoms with E-state index in [1.54, 1.807) is 0 Å². The molecule has 0 amide bonds. The summed E-state index contributed by atoms with van der Waals surface area (Å²) in [7, 11) is 4.03. The highest BCUT2D eigenvalue weighted by Gasteiger charge is 2.58. The van der Waals surface area contributed by atoms with Gasteiger partial charge in [0.25, 0.3) is 0 Å². The zero-order valence-electron chi connectivity index (χ0n) is 10.8. The molecule has 4 aliphatic carbocycles. The fourth-order valence-electron chi connectivity index (χ4n) is 5.54. The van der Waals surface area contributed by atoms with Crippen molar-refractivity contribution in [3.05, 3.63) is 0 Å². The first-order valence-electron chi connectivity index (χ1n) is 6.41. The zero-order chi connectivity index (χ0) is 12.9. The smallest absolute Gasteiger partial charge is 0.233 e. The van der Waals surface area contributed by atoms with E-state index in [2.05, 4.69) is 21.7 Å². The lowest BCUT2D eigenvalue weighted by atomic mass is 9.43. The molecule has 0 heterocycles. The Kier molecular flexibility index (Phi) is 2.85. The number of hydrogen-bond acceptors (Lipinski definition) is 2. The molecule has 17 heavy (non-hydrogen) atoms. The summed E-state index contributed by atoms with van der Waals surface area (Å²) in [4.78, 5) is 8.78. The number of carboxylic acid groups (broad SMARTS) is 1. The van der Waals surface area contributed by atoms with E-state index < -0.39 is 5.87 Å². The van der Waals surface area contributed by atoms with E-state index in [4.69, 9.17) is 15.6 Å². The minimum absolute atomic E-state index is 0.225. The minimum atomic E-state index is -1.33. The van der Waals surface area contributed by atoms with Crippen molar-refractivity contribution < 1.29 is 9.90 Å². The van der Waals surface area contributed by atoms with Crippen LogP contribution in [0.1, 0.15) is 52.4 Å². The lowest BCUT2D eigenvalue weighted by Gasteiger charge is -2.64. The van der Waals surface area contributed by atoms with E-state index in [-0.39, 0.29) is 5.54 Å². The van der Waals surface area contributed by atoms with Crippen molar-refractivity contribution in [2.24, 2.45) is 22.5 Å². The summed E-state index contributed by atoms with van der Waals surface area (Å²) < 4.78 is 0. The molecule has 4 rings (SSSR count). The second kappa shape index (κ2) is 3.74. The van der Waals surface area contributed by atoms with Crippen LogP contribution in [-0.2, 0) is 0 Å². The first-order chi connectivity index (χ1) is 7.64. The molecule has 4 fully saturated rings. The maximum atomic E-state index is 8.78. The maximum absolute atomic E-state index is 8.78. The quantitative estimate of drug-likeness (QED) is 0.634. The Hall–Kier alpha value is -0.505. The molecular formula is C13H22BNO2. The Morgan fingerprint density at radius 1 is 1.18 bits per heavy atom. The molecule has 0 spiro atoms. The number of nitrogens with two attached hydrogens (primary N) is 1. The van der Waals surface area contributed by atoms with E-state index >= 15 is 0 Å². The normalized spacial score (nSPS) is 50.6. The van der Waals surface area contributed by atoms with E-state index in [1.807, 2.05) is 0 Å². The standard InChI is InChI=1S/C12H21N.CHBO2/c1-10-3-9-4-11(2,6-10)8-12(13,5-9)7-10;2-1(3)4/h9H,3-8,13H2,1-2H3;(H,3,4). The molecule has 94 valence electrons. The van der Waals surface area contributed by atoms with E-state index in [9.17, 15) is 0 Å². The zero-order valence-corrected chi connectivity index (χ0v) is 10.8. The van der Waals surface area contributed by atoms with Gasteiger partial charge in [0.15, 0.2) is 0 Å². The molecular weight excluding hydrogens is 213 g/mol. The van der Waals surface area contributed by atoms with Crippen molar-refractivity contribution in [3.8, 4) is 0 Å². The lowest BCUT2D eigenvalue weighted by Crippen LogP contribution is -2.62. The highest BCUT2D eigenvalue weighted by molar-refractivity contribution is 6.54. The number of carbonyl (C=O) groups is 1. The van der Waals surface area contributed by atoms with Crippen LogP contribution in [0.15, 0.2) is 0 Å². The molecule has 3 nitrogen and oxygen atoms in total. The van der Waals surface area contributed by atoms with Crippen LogP contribution in [0.4, 0.5) is 4.79 Å². The van der Waals surface area contributed by atoms with Gasteiger partial charge in [-0.15, -0.1) is 0 Å². The number of rotatable bonds is 0. The molecule has 4 saturated carbocycles. The molecule has 3 N–H and O–H groups in total. The van der Waals surface area contributed by atoms with Gasteiger partial charge in [0.2, 0.25) is 13.7 Å². The van der Waals surface area contributed by atoms with Gasteiger partial charge in [-0.3, -0.25) is 4.79 Å². The monoisotopic (exact) mass is 235 g/mol. The first kappa shape index (κ1) is 12.9. The molecule has 0 aromatic heterocycles. The number of hydrogen-bond donors (Lipinski definition) is 2. The summed E-state index contributed by atoms with van der Waals surface area (Å²) in [5.41, 5.74) is 7.92. The average Bonchev–Trinajstić information content (AvgIpc) is 1.90. The third kappa shape index (κ3) is 2.67. The molecule has 0 aliphatic heterocycles. The summed E-state index contributed by atoms with van der Waals surface area (Å²) in [5, 5.41) is 7.19. The Labute approximate surface area is 105 Å². The van der Waals surface area contributed by atoms with Crippen molar-refractivity contribution in [2.75, 3.05) is 0 Å². The van der Waals surface area contributed by atoms with Crippen molar-refractivity contribution in [1.29, 1.82) is 0 Å². The summed E-state index contributed by atoms with van der Waals surface area (Å²) >= 11 is 0. The van der Waals surface area contributed by atoms with Crippen LogP contribution in [0.5, 0.6) is 0 Å². The van der Waals surface area contributed by atoms with Gasteiger partial charge >= 0.3 is 0 Å². The van der Waals surface area contributed by atoms with Gasteiger partial charge in [-0.25, -0.2) is 0 Å². The first-order valence-corrected chi connectivity index (χ1v) is 6.41. The van der Waals surface area contributed by atoms with Gasteiger partial charge in [0, 0.05) is 5.54 Å². The van der Waals surface area contributed by atoms with Gasteiger partial charge in [-0.2, -0.15) is 0 Å². The van der Waals surface area contributed by atoms with Crippen molar-refractivity contribution in [3.63, 3.8) is 0 Å². The Morgan fingerprint density at radius 2 is 1.59 bits per heavy atom. The molecule has 2 radical (unpaired) electrons. The molecule has 4 bridgehead atoms. The molecule has 2 unspecified atom stereocenters. The summed E-state index contributed by atoms with van der Waals surface area (Å²) in [5.74, 6) is -0.378. The van der Waals surface area contributed by atoms with Gasteiger partial charge in [0.05, 0.1) is 0 Å². The molecule has 0 saturated heterocycles. The topological polar surface area (TPSA) is 63.3 Å². The third-order valence-electron chi connectivity index (χ3n) is 4.67. The van der Waals surface area contributed by atoms with Crippen molar-refractivity contribution in [2.45, 2.75) is 57.9 Å². The predicted octanol–water partition coefficient (Wildman–Crippen LogP) is 2.53. The second-order valence-corrected chi connectivity index (χ2v) is 7.33. The van der Waals surface area contributed by atoms with E-state index in [1.165, 1.54) is 38.5 Å². The van der Waals surface area contributed by atoms with Gasteiger partial charge in [-0.05, 0) is 55.3 Å². The largest absolute Gasteiger partial charge is 0.490 e. The SMILES string of the molecule is CC12CC3CC(C)(C1)CC(N)(C3)C2.[B]C(=O)O. The van der Waals surface area contributed by atoms with Crippen LogP contribution in [0.3, 0.4) is 0 Å². The Morgan fingerprint density at radius 3 is 1.88 bits per heavy atom. The summed E-state index contributed by atoms with van der Waals surface area (Å²) in [6.07, 6.45) is 8.27. The Balaban J connectivity index is 0.000000239. The Bertz CT molecular complexity index is 290. The lowest BCUT2D eigenvalue weighted by molar-refractivity contribution is -0.104. The van der Waals surface area contributed by atoms with Crippen LogP contribution in [0, 0.1) is 16.7 Å². The van der Waals surface area contributed by atoms with Gasteiger partial charge in [0.1, 0.15) is 0 Å². The molecule has 2 atom stereocenters. The van der Waals surface area contributed by atoms with E-state index in [0.717, 1.165) is 5.92 Å². The second-order valence-electron chi connectivity index (χ2n) is 7.33. The summed E-state index contributed by atoms with van der Waals surface area (Å²) in [6.45, 7) is 4.94. The van der Waals surface area contributed by atoms with Crippen LogP contribution in [0.2, 0.25) is 0 Å². The fourth-order valence-corrected chi connectivity index (χ4v) is 5.54. The fraction of sp³-hybridized carbons (Fsp3) is 0.923. The highest BCUT2D eigenvalue weighted by atomic mass is 16.4. The third-order valence-corrected chi connectivity index (χ3v) is 4.67. The van der Waals surface area contributed by atoms with E-state index in [0.29, 0.717) is 10.8 Å². The van der Waals surface area contributed by atoms with Gasteiger partial charge < -0.3 is 10.8 Å². The van der Waals surface area contributed by atoms with Crippen molar-refractivity contribution in [1.82, 2.24) is 0 Å². The molecule has 0 aromatic carbocycles. The molecule has 0 aromatic rings. The molecule has 4 aliphatic rings. The van der Waals surface area contributed by atoms with Gasteiger partial charge in [-0.1, -0.05) is 13.8 Å². The highest BCUT2D eigenvalue weighted by Crippen LogP contribution is 2.65. The summed E-state index contributed by atoms with van der Waals surface area (Å²) in [6, 6.07) is 0. The van der Waals surface area contributed by atoms with Crippen LogP contribution in [-0.4, -0.2) is 24.4 Å².